The lowest BCUT2D eigenvalue weighted by Crippen LogP contribution is -1.90. The summed E-state index contributed by atoms with van der Waals surface area (Å²) in [5, 5.41) is 7.42. The molecule has 9 heavy (non-hydrogen) atoms. The third-order valence-electron chi connectivity index (χ3n) is 1.04. The predicted octanol–water partition coefficient (Wildman–Crippen LogP) is 1.85. The Morgan fingerprint density at radius 2 is 1.78 bits per heavy atom. The van der Waals surface area contributed by atoms with E-state index < -0.39 is 0 Å². The van der Waals surface area contributed by atoms with Crippen LogP contribution in [0.4, 0.5) is 5.69 Å². The van der Waals surface area contributed by atoms with Gasteiger partial charge in [0.1, 0.15) is 0 Å². The molecule has 1 rings (SSSR count). The Hall–Kier alpha value is -1.31. The normalized spacial score (nSPS) is 8.89. The fraction of sp³-hybridized carbons (Fsp3) is 0. The molecule has 0 aromatic heterocycles. The molecular weight excluding hydrogens is 112 g/mol. The summed E-state index contributed by atoms with van der Waals surface area (Å²) in [6.45, 7) is 0. The highest BCUT2D eigenvalue weighted by atomic mass is 14.6. The molecule has 1 aromatic carbocycles. The minimum absolute atomic E-state index is 0.264. The molecule has 0 bridgehead atoms. The Kier molecular flexibility index (Phi) is 1.49. The molecule has 0 aliphatic rings. The molecule has 0 spiro atoms. The van der Waals surface area contributed by atoms with Gasteiger partial charge in [0.15, 0.2) is 0 Å². The summed E-state index contributed by atoms with van der Waals surface area (Å²) in [6, 6.07) is 8.50. The first-order valence-electron chi connectivity index (χ1n) is 2.66. The van der Waals surface area contributed by atoms with Crippen LogP contribution >= 0.6 is 0 Å². The molecule has 2 nitrogen and oxygen atoms in total. The van der Waals surface area contributed by atoms with Crippen molar-refractivity contribution in [3.63, 3.8) is 0 Å². The predicted molar refractivity (Wildman–Crippen MR) is 36.3 cm³/mol. The van der Waals surface area contributed by atoms with Crippen LogP contribution in [-0.2, 0) is 0 Å². The van der Waals surface area contributed by atoms with Gasteiger partial charge in [0.25, 0.3) is 0 Å². The minimum Gasteiger partial charge on any atom is -0.697 e. The fourth-order valence-electron chi connectivity index (χ4n) is 0.547. The average Bonchev–Trinajstić information content (AvgIpc) is 1.99. The Labute approximate surface area is 53.5 Å². The van der Waals surface area contributed by atoms with Gasteiger partial charge in [-0.25, -0.2) is 0 Å². The lowest BCUT2D eigenvalue weighted by atomic mass is 10.4. The van der Waals surface area contributed by atoms with Crippen LogP contribution in [0.2, 0.25) is 0 Å². The number of nitrogens with one attached hydrogen (secondary N) is 2. The van der Waals surface area contributed by atoms with Gasteiger partial charge in [-0.1, -0.05) is 24.3 Å². The zero-order chi connectivity index (χ0) is 6.69. The Balaban J connectivity index is 3.42. The van der Waals surface area contributed by atoms with Gasteiger partial charge < -0.3 is 11.1 Å². The van der Waals surface area contributed by atoms with Crippen LogP contribution in [0.5, 0.6) is 0 Å². The van der Waals surface area contributed by atoms with Crippen molar-refractivity contribution in [1.29, 1.82) is 5.41 Å². The first-order valence-corrected chi connectivity index (χ1v) is 2.66. The molecule has 1 aromatic rings. The molecule has 46 valence electrons. The summed E-state index contributed by atoms with van der Waals surface area (Å²) < 4.78 is 0. The van der Waals surface area contributed by atoms with Crippen LogP contribution in [0, 0.1) is 5.41 Å². The van der Waals surface area contributed by atoms with Gasteiger partial charge in [-0.15, -0.1) is 5.69 Å². The van der Waals surface area contributed by atoms with E-state index >= 15 is 0 Å². The van der Waals surface area contributed by atoms with E-state index in [4.69, 9.17) is 11.1 Å². The lowest BCUT2D eigenvalue weighted by molar-refractivity contribution is 1.30. The number of rotatable bonds is 0. The van der Waals surface area contributed by atoms with Gasteiger partial charge in [-0.2, -0.15) is 0 Å². The van der Waals surface area contributed by atoms with Crippen molar-refractivity contribution >= 4 is 5.69 Å². The molecule has 0 saturated heterocycles. The number of hydrogen-bond acceptors (Lipinski definition) is 1. The summed E-state index contributed by atoms with van der Waals surface area (Å²) in [5.41, 5.74) is 7.42. The van der Waals surface area contributed by atoms with Crippen LogP contribution in [-0.4, -0.2) is 0 Å². The molecule has 0 aliphatic heterocycles. The van der Waals surface area contributed by atoms with Gasteiger partial charge >= 0.3 is 0 Å². The Morgan fingerprint density at radius 3 is 2.56 bits per heavy atom. The first kappa shape index (κ1) is 5.82. The van der Waals surface area contributed by atoms with Gasteiger partial charge in [0, 0.05) is 5.36 Å². The van der Waals surface area contributed by atoms with Crippen molar-refractivity contribution in [3.8, 4) is 0 Å². The van der Waals surface area contributed by atoms with E-state index in [0.717, 1.165) is 0 Å². The van der Waals surface area contributed by atoms with Crippen molar-refractivity contribution in [1.82, 2.24) is 0 Å². The van der Waals surface area contributed by atoms with E-state index in [1.54, 1.807) is 30.3 Å². The molecule has 0 radical (unpaired) electrons. The van der Waals surface area contributed by atoms with Crippen molar-refractivity contribution in [2.75, 3.05) is 0 Å². The Morgan fingerprint density at radius 1 is 1.11 bits per heavy atom. The highest BCUT2D eigenvalue weighted by Crippen LogP contribution is 1.96. The summed E-state index contributed by atoms with van der Waals surface area (Å²) in [7, 11) is 0. The van der Waals surface area contributed by atoms with Gasteiger partial charge in [-0.3, -0.25) is 0 Å². The zero-order valence-corrected chi connectivity index (χ0v) is 4.89. The van der Waals surface area contributed by atoms with Crippen molar-refractivity contribution < 1.29 is 0 Å². The summed E-state index contributed by atoms with van der Waals surface area (Å²) in [5.74, 6) is 0. The largest absolute Gasteiger partial charge is 0.697 e. The summed E-state index contributed by atoms with van der Waals surface area (Å²) in [6.07, 6.45) is 0. The molecule has 2 N–H and O–H groups in total. The van der Waals surface area contributed by atoms with Crippen LogP contribution < -0.4 is 5.36 Å². The minimum atomic E-state index is 0.264. The van der Waals surface area contributed by atoms with E-state index in [-0.39, 0.29) is 11.0 Å². The van der Waals surface area contributed by atoms with Crippen molar-refractivity contribution in [3.05, 3.63) is 41.4 Å². The third kappa shape index (κ3) is 1.29. The number of hydrogen-bond donors (Lipinski definition) is 1. The fourth-order valence-corrected chi connectivity index (χ4v) is 0.547. The van der Waals surface area contributed by atoms with E-state index in [2.05, 4.69) is 0 Å². The van der Waals surface area contributed by atoms with Crippen LogP contribution in [0.1, 0.15) is 0 Å². The summed E-state index contributed by atoms with van der Waals surface area (Å²) >= 11 is 0. The topological polar surface area (TPSA) is 47.7 Å². The SMILES string of the molecule is N=c1cccccc1[NH-]. The standard InChI is InChI=1S/C7H7N2/c8-6-4-2-1-3-5-7(6)9/h1-5H,(H2-,8,9)/q-1. The van der Waals surface area contributed by atoms with Crippen LogP contribution in [0.3, 0.4) is 0 Å². The first-order chi connectivity index (χ1) is 4.30. The lowest BCUT2D eigenvalue weighted by Gasteiger charge is -1.93. The van der Waals surface area contributed by atoms with Crippen LogP contribution in [0.25, 0.3) is 5.73 Å². The van der Waals surface area contributed by atoms with E-state index in [1.165, 1.54) is 0 Å². The molecule has 0 saturated carbocycles. The van der Waals surface area contributed by atoms with E-state index in [0.29, 0.717) is 0 Å². The summed E-state index contributed by atoms with van der Waals surface area (Å²) in [4.78, 5) is 0. The zero-order valence-electron chi connectivity index (χ0n) is 4.89. The smallest absolute Gasteiger partial charge is 0.0389 e. The Bertz CT molecular complexity index is 255. The van der Waals surface area contributed by atoms with E-state index in [9.17, 15) is 0 Å². The quantitative estimate of drug-likeness (QED) is 0.541. The molecule has 0 heterocycles. The monoisotopic (exact) mass is 119 g/mol. The molecule has 0 amide bonds. The highest BCUT2D eigenvalue weighted by molar-refractivity contribution is 5.39. The van der Waals surface area contributed by atoms with Gasteiger partial charge in [0.2, 0.25) is 0 Å². The van der Waals surface area contributed by atoms with Crippen LogP contribution in [0.15, 0.2) is 30.3 Å². The molecule has 0 atom stereocenters. The molecule has 0 fully saturated rings. The second kappa shape index (κ2) is 2.31. The highest BCUT2D eigenvalue weighted by Gasteiger charge is 1.71. The van der Waals surface area contributed by atoms with Crippen molar-refractivity contribution in [2.45, 2.75) is 0 Å². The third-order valence-corrected chi connectivity index (χ3v) is 1.04. The van der Waals surface area contributed by atoms with Crippen molar-refractivity contribution in [2.24, 2.45) is 0 Å². The maximum Gasteiger partial charge on any atom is 0.0389 e. The second-order valence-corrected chi connectivity index (χ2v) is 1.74. The second-order valence-electron chi connectivity index (χ2n) is 1.74. The van der Waals surface area contributed by atoms with E-state index in [1.807, 2.05) is 0 Å². The molecule has 0 unspecified atom stereocenters. The maximum absolute atomic E-state index is 7.15. The molecular formula is C7H7N2-. The average molecular weight is 119 g/mol. The van der Waals surface area contributed by atoms with Gasteiger partial charge in [-0.05, 0) is 6.07 Å². The molecule has 0 aliphatic carbocycles. The van der Waals surface area contributed by atoms with Gasteiger partial charge in [0.05, 0.1) is 0 Å². The maximum atomic E-state index is 7.15. The molecule has 2 heteroatoms.